The summed E-state index contributed by atoms with van der Waals surface area (Å²) in [5.41, 5.74) is 0.184. The normalized spacial score (nSPS) is 11.3. The Kier molecular flexibility index (Phi) is 7.18. The number of nitrogens with one attached hydrogen (secondary N) is 1. The monoisotopic (exact) mass is 342 g/mol. The van der Waals surface area contributed by atoms with Crippen molar-refractivity contribution in [3.05, 3.63) is 29.8 Å². The Morgan fingerprint density at radius 3 is 2.30 bits per heavy atom. The van der Waals surface area contributed by atoms with Crippen LogP contribution in [0.25, 0.3) is 0 Å². The van der Waals surface area contributed by atoms with Crippen LogP contribution in [0, 0.1) is 0 Å². The number of carbonyl (C=O) groups excluding carboxylic acids is 2. The van der Waals surface area contributed by atoms with Crippen molar-refractivity contribution < 1.29 is 22.7 Å². The molecular weight excluding hydrogens is 320 g/mol. The number of unbranched alkanes of at least 4 members (excludes halogenated alkanes) is 1. The molecule has 1 aromatic rings. The molecule has 0 atom stereocenters. The molecule has 0 saturated carbocycles. The Balaban J connectivity index is 2.60. The van der Waals surface area contributed by atoms with E-state index in [0.29, 0.717) is 6.54 Å². The molecule has 0 aromatic heterocycles. The molecule has 0 saturated heterocycles. The predicted octanol–water partition coefficient (Wildman–Crippen LogP) is 1.01. The third-order valence-corrected chi connectivity index (χ3v) is 4.88. The highest BCUT2D eigenvalue weighted by molar-refractivity contribution is 7.89. The van der Waals surface area contributed by atoms with Gasteiger partial charge in [-0.25, -0.2) is 17.5 Å². The SMILES string of the molecule is CCCCNC(=O)COC(=O)c1ccc(S(=O)(=O)N(C)C)cc1. The molecule has 128 valence electrons. The molecular formula is C15H22N2O5S. The second-order valence-corrected chi connectivity index (χ2v) is 7.24. The van der Waals surface area contributed by atoms with Crippen molar-refractivity contribution in [1.82, 2.24) is 9.62 Å². The largest absolute Gasteiger partial charge is 0.452 e. The number of esters is 1. The fourth-order valence-corrected chi connectivity index (χ4v) is 2.55. The highest BCUT2D eigenvalue weighted by atomic mass is 32.2. The molecule has 7 nitrogen and oxygen atoms in total. The Morgan fingerprint density at radius 1 is 1.17 bits per heavy atom. The highest BCUT2D eigenvalue weighted by Gasteiger charge is 2.18. The standard InChI is InChI=1S/C15H22N2O5S/c1-4-5-10-16-14(18)11-22-15(19)12-6-8-13(9-7-12)23(20,21)17(2)3/h6-9H,4-5,10-11H2,1-3H3,(H,16,18). The summed E-state index contributed by atoms with van der Waals surface area (Å²) in [5, 5.41) is 2.63. The second kappa shape index (κ2) is 8.64. The van der Waals surface area contributed by atoms with E-state index in [1.807, 2.05) is 6.92 Å². The number of benzene rings is 1. The van der Waals surface area contributed by atoms with Gasteiger partial charge in [-0.2, -0.15) is 0 Å². The van der Waals surface area contributed by atoms with Crippen LogP contribution in [0.3, 0.4) is 0 Å². The van der Waals surface area contributed by atoms with E-state index in [0.717, 1.165) is 17.1 Å². The Bertz CT molecular complexity index is 638. The van der Waals surface area contributed by atoms with Gasteiger partial charge in [-0.1, -0.05) is 13.3 Å². The first kappa shape index (κ1) is 19.1. The van der Waals surface area contributed by atoms with E-state index in [1.165, 1.54) is 38.4 Å². The van der Waals surface area contributed by atoms with Crippen molar-refractivity contribution in [3.63, 3.8) is 0 Å². The van der Waals surface area contributed by atoms with Gasteiger partial charge in [0.05, 0.1) is 10.5 Å². The molecule has 0 unspecified atom stereocenters. The van der Waals surface area contributed by atoms with Crippen LogP contribution >= 0.6 is 0 Å². The molecule has 0 aliphatic heterocycles. The molecule has 1 aromatic carbocycles. The molecule has 1 N–H and O–H groups in total. The highest BCUT2D eigenvalue weighted by Crippen LogP contribution is 2.14. The zero-order valence-corrected chi connectivity index (χ0v) is 14.4. The minimum absolute atomic E-state index is 0.0800. The van der Waals surface area contributed by atoms with Gasteiger partial charge < -0.3 is 10.1 Å². The molecule has 8 heteroatoms. The maximum Gasteiger partial charge on any atom is 0.338 e. The van der Waals surface area contributed by atoms with Crippen LogP contribution in [-0.4, -0.2) is 51.8 Å². The first-order valence-corrected chi connectivity index (χ1v) is 8.69. The molecule has 0 heterocycles. The van der Waals surface area contributed by atoms with Crippen LogP contribution in [-0.2, 0) is 19.6 Å². The molecule has 0 radical (unpaired) electrons. The Labute approximate surface area is 136 Å². The lowest BCUT2D eigenvalue weighted by Gasteiger charge is -2.11. The van der Waals surface area contributed by atoms with Crippen LogP contribution in [0.2, 0.25) is 0 Å². The number of ether oxygens (including phenoxy) is 1. The van der Waals surface area contributed by atoms with Gasteiger partial charge in [0, 0.05) is 20.6 Å². The fourth-order valence-electron chi connectivity index (χ4n) is 1.64. The van der Waals surface area contributed by atoms with Crippen molar-refractivity contribution in [2.24, 2.45) is 0 Å². The number of amides is 1. The summed E-state index contributed by atoms with van der Waals surface area (Å²) in [7, 11) is -0.690. The smallest absolute Gasteiger partial charge is 0.338 e. The van der Waals surface area contributed by atoms with Crippen LogP contribution in [0.1, 0.15) is 30.1 Å². The topological polar surface area (TPSA) is 92.8 Å². The summed E-state index contributed by atoms with van der Waals surface area (Å²) in [6, 6.07) is 5.36. The minimum Gasteiger partial charge on any atom is -0.452 e. The average molecular weight is 342 g/mol. The van der Waals surface area contributed by atoms with Crippen molar-refractivity contribution in [3.8, 4) is 0 Å². The number of hydrogen-bond donors (Lipinski definition) is 1. The van der Waals surface area contributed by atoms with E-state index < -0.39 is 16.0 Å². The number of sulfonamides is 1. The summed E-state index contributed by atoms with van der Waals surface area (Å²) >= 11 is 0. The van der Waals surface area contributed by atoms with E-state index >= 15 is 0 Å². The van der Waals surface area contributed by atoms with Crippen LogP contribution in [0.4, 0.5) is 0 Å². The zero-order chi connectivity index (χ0) is 17.5. The van der Waals surface area contributed by atoms with Crippen LogP contribution in [0.5, 0.6) is 0 Å². The quantitative estimate of drug-likeness (QED) is 0.562. The zero-order valence-electron chi connectivity index (χ0n) is 13.5. The molecule has 0 fully saturated rings. The van der Waals surface area contributed by atoms with Crippen LogP contribution < -0.4 is 5.32 Å². The van der Waals surface area contributed by atoms with Crippen molar-refractivity contribution in [1.29, 1.82) is 0 Å². The van der Waals surface area contributed by atoms with E-state index in [1.54, 1.807) is 0 Å². The summed E-state index contributed by atoms with van der Waals surface area (Å²) in [5.74, 6) is -1.04. The molecule has 0 aliphatic carbocycles. The van der Waals surface area contributed by atoms with E-state index in [-0.39, 0.29) is 23.0 Å². The van der Waals surface area contributed by atoms with Gasteiger partial charge in [-0.15, -0.1) is 0 Å². The first-order valence-electron chi connectivity index (χ1n) is 7.25. The fraction of sp³-hybridized carbons (Fsp3) is 0.467. The maximum absolute atomic E-state index is 11.9. The van der Waals surface area contributed by atoms with Crippen molar-refractivity contribution in [2.45, 2.75) is 24.7 Å². The number of hydrogen-bond acceptors (Lipinski definition) is 5. The predicted molar refractivity (Wildman–Crippen MR) is 85.5 cm³/mol. The van der Waals surface area contributed by atoms with Gasteiger partial charge in [-0.05, 0) is 30.7 Å². The van der Waals surface area contributed by atoms with Gasteiger partial charge in [0.25, 0.3) is 5.91 Å². The maximum atomic E-state index is 11.9. The lowest BCUT2D eigenvalue weighted by molar-refractivity contribution is -0.124. The van der Waals surface area contributed by atoms with Crippen molar-refractivity contribution >= 4 is 21.9 Å². The minimum atomic E-state index is -3.54. The summed E-state index contributed by atoms with van der Waals surface area (Å²) < 4.78 is 29.8. The van der Waals surface area contributed by atoms with Gasteiger partial charge in [0.1, 0.15) is 0 Å². The van der Waals surface area contributed by atoms with Gasteiger partial charge >= 0.3 is 5.97 Å². The van der Waals surface area contributed by atoms with E-state index in [9.17, 15) is 18.0 Å². The number of rotatable bonds is 8. The average Bonchev–Trinajstić information content (AvgIpc) is 2.52. The lowest BCUT2D eigenvalue weighted by atomic mass is 10.2. The second-order valence-electron chi connectivity index (χ2n) is 5.09. The molecule has 0 aliphatic rings. The van der Waals surface area contributed by atoms with Crippen molar-refractivity contribution in [2.75, 3.05) is 27.2 Å². The third kappa shape index (κ3) is 5.65. The summed E-state index contributed by atoms with van der Waals surface area (Å²) in [6.45, 7) is 2.19. The molecule has 0 bridgehead atoms. The van der Waals surface area contributed by atoms with Gasteiger partial charge in [-0.3, -0.25) is 4.79 Å². The molecule has 0 spiro atoms. The van der Waals surface area contributed by atoms with Gasteiger partial charge in [0.2, 0.25) is 10.0 Å². The first-order chi connectivity index (χ1) is 10.8. The van der Waals surface area contributed by atoms with Crippen LogP contribution in [0.15, 0.2) is 29.2 Å². The number of carbonyl (C=O) groups is 2. The number of nitrogens with zero attached hydrogens (tertiary/aromatic N) is 1. The molecule has 23 heavy (non-hydrogen) atoms. The Morgan fingerprint density at radius 2 is 1.78 bits per heavy atom. The third-order valence-electron chi connectivity index (χ3n) is 3.06. The van der Waals surface area contributed by atoms with E-state index in [4.69, 9.17) is 4.74 Å². The Hall–Kier alpha value is -1.93. The molecule has 1 rings (SSSR count). The molecule has 1 amide bonds. The lowest BCUT2D eigenvalue weighted by Crippen LogP contribution is -2.29. The summed E-state index contributed by atoms with van der Waals surface area (Å²) in [6.07, 6.45) is 1.82. The summed E-state index contributed by atoms with van der Waals surface area (Å²) in [4.78, 5) is 23.3. The van der Waals surface area contributed by atoms with E-state index in [2.05, 4.69) is 5.32 Å². The van der Waals surface area contributed by atoms with Gasteiger partial charge in [0.15, 0.2) is 6.61 Å².